The minimum atomic E-state index is 0.0391. The van der Waals surface area contributed by atoms with Crippen LogP contribution in [0.4, 0.5) is 11.8 Å². The Hall–Kier alpha value is -3.15. The third kappa shape index (κ3) is 4.01. The standard InChI is InChI=1S/C26H31N5O/c1-17-8-10-18(11-9-17)24(32)27-19-12-14-26(15-13-19)16-22(26)29-25-28-21-7-5-4-6-20(21)23(30-25)31(2)3/h4-11,19,22H,12-16H2,1-3H3,(H,27,32)(H,28,29,30). The second-order valence-electron chi connectivity index (χ2n) is 9.66. The SMILES string of the molecule is Cc1ccc(C(=O)NC2CCC3(CC2)CC3Nc2nc(N(C)C)c3ccccc3n2)cc1. The Bertz CT molecular complexity index is 1130. The molecular weight excluding hydrogens is 398 g/mol. The molecule has 6 heteroatoms. The van der Waals surface area contributed by atoms with Crippen molar-refractivity contribution < 1.29 is 4.79 Å². The maximum Gasteiger partial charge on any atom is 0.251 e. The molecule has 1 spiro atoms. The fourth-order valence-electron chi connectivity index (χ4n) is 5.04. The predicted molar refractivity (Wildman–Crippen MR) is 129 cm³/mol. The van der Waals surface area contributed by atoms with E-state index in [0.717, 1.165) is 54.4 Å². The number of nitrogens with zero attached hydrogens (tertiary/aromatic N) is 3. The lowest BCUT2D eigenvalue weighted by molar-refractivity contribution is 0.0919. The molecule has 2 fully saturated rings. The molecule has 3 aromatic rings. The lowest BCUT2D eigenvalue weighted by Gasteiger charge is -2.30. The van der Waals surface area contributed by atoms with Gasteiger partial charge in [-0.1, -0.05) is 29.8 Å². The second-order valence-corrected chi connectivity index (χ2v) is 9.66. The van der Waals surface area contributed by atoms with Crippen molar-refractivity contribution in [1.82, 2.24) is 15.3 Å². The van der Waals surface area contributed by atoms with Crippen molar-refractivity contribution in [2.75, 3.05) is 24.3 Å². The molecule has 0 radical (unpaired) electrons. The van der Waals surface area contributed by atoms with Crippen LogP contribution in [0.15, 0.2) is 48.5 Å². The summed E-state index contributed by atoms with van der Waals surface area (Å²) in [6.07, 6.45) is 5.45. The van der Waals surface area contributed by atoms with Gasteiger partial charge in [0.15, 0.2) is 0 Å². The lowest BCUT2D eigenvalue weighted by atomic mass is 9.82. The summed E-state index contributed by atoms with van der Waals surface area (Å²) in [6.45, 7) is 2.03. The maximum absolute atomic E-state index is 12.6. The van der Waals surface area contributed by atoms with E-state index in [9.17, 15) is 4.79 Å². The lowest BCUT2D eigenvalue weighted by Crippen LogP contribution is -2.38. The quantitative estimate of drug-likeness (QED) is 0.623. The molecule has 2 saturated carbocycles. The zero-order chi connectivity index (χ0) is 22.3. The maximum atomic E-state index is 12.6. The molecular formula is C26H31N5O. The number of para-hydroxylation sites is 1. The highest BCUT2D eigenvalue weighted by molar-refractivity contribution is 5.94. The molecule has 6 nitrogen and oxygen atoms in total. The van der Waals surface area contributed by atoms with E-state index < -0.39 is 0 Å². The molecule has 2 aromatic carbocycles. The molecule has 1 amide bonds. The number of benzene rings is 2. The highest BCUT2D eigenvalue weighted by Gasteiger charge is 2.55. The van der Waals surface area contributed by atoms with Gasteiger partial charge < -0.3 is 15.5 Å². The third-order valence-electron chi connectivity index (χ3n) is 7.13. The first-order chi connectivity index (χ1) is 15.4. The van der Waals surface area contributed by atoms with Crippen molar-refractivity contribution in [2.24, 2.45) is 5.41 Å². The van der Waals surface area contributed by atoms with Crippen LogP contribution in [0.25, 0.3) is 10.9 Å². The number of amides is 1. The summed E-state index contributed by atoms with van der Waals surface area (Å²) in [5, 5.41) is 7.92. The van der Waals surface area contributed by atoms with Gasteiger partial charge in [-0.15, -0.1) is 0 Å². The Morgan fingerprint density at radius 3 is 2.47 bits per heavy atom. The largest absolute Gasteiger partial charge is 0.362 e. The van der Waals surface area contributed by atoms with Crippen LogP contribution in [0.3, 0.4) is 0 Å². The van der Waals surface area contributed by atoms with Crippen LogP contribution in [-0.2, 0) is 0 Å². The van der Waals surface area contributed by atoms with Crippen LogP contribution < -0.4 is 15.5 Å². The van der Waals surface area contributed by atoms with Crippen molar-refractivity contribution in [2.45, 2.75) is 51.1 Å². The zero-order valence-electron chi connectivity index (χ0n) is 19.1. The van der Waals surface area contributed by atoms with Gasteiger partial charge in [-0.05, 0) is 68.7 Å². The number of rotatable bonds is 5. The molecule has 2 aliphatic carbocycles. The molecule has 1 aromatic heterocycles. The number of carbonyl (C=O) groups is 1. The van der Waals surface area contributed by atoms with Crippen LogP contribution in [0, 0.1) is 12.3 Å². The summed E-state index contributed by atoms with van der Waals surface area (Å²) < 4.78 is 0. The molecule has 0 saturated heterocycles. The number of fused-ring (bicyclic) bond motifs is 1. The molecule has 166 valence electrons. The summed E-state index contributed by atoms with van der Waals surface area (Å²) in [4.78, 5) is 24.2. The van der Waals surface area contributed by atoms with Gasteiger partial charge in [0.25, 0.3) is 5.91 Å². The predicted octanol–water partition coefficient (Wildman–Crippen LogP) is 4.55. The fourth-order valence-corrected chi connectivity index (χ4v) is 5.04. The Labute approximate surface area is 189 Å². The first kappa shape index (κ1) is 20.7. The number of hydrogen-bond donors (Lipinski definition) is 2. The van der Waals surface area contributed by atoms with Crippen LogP contribution in [0.2, 0.25) is 0 Å². The van der Waals surface area contributed by atoms with Gasteiger partial charge in [0, 0.05) is 37.1 Å². The molecule has 1 atom stereocenters. The Kier molecular flexibility index (Phi) is 5.24. The monoisotopic (exact) mass is 429 g/mol. The fraction of sp³-hybridized carbons (Fsp3) is 0.423. The molecule has 1 unspecified atom stereocenters. The number of carbonyl (C=O) groups excluding carboxylic acids is 1. The summed E-state index contributed by atoms with van der Waals surface area (Å²) >= 11 is 0. The van der Waals surface area contributed by atoms with Crippen molar-refractivity contribution >= 4 is 28.6 Å². The molecule has 32 heavy (non-hydrogen) atoms. The highest BCUT2D eigenvalue weighted by Crippen LogP contribution is 2.57. The van der Waals surface area contributed by atoms with Gasteiger partial charge in [0.05, 0.1) is 5.52 Å². The average molecular weight is 430 g/mol. The first-order valence-electron chi connectivity index (χ1n) is 11.5. The minimum absolute atomic E-state index is 0.0391. The Morgan fingerprint density at radius 2 is 1.75 bits per heavy atom. The van der Waals surface area contributed by atoms with E-state index in [2.05, 4.69) is 16.7 Å². The van der Waals surface area contributed by atoms with Gasteiger partial charge >= 0.3 is 0 Å². The van der Waals surface area contributed by atoms with Gasteiger partial charge in [0.2, 0.25) is 5.95 Å². The van der Waals surface area contributed by atoms with Crippen LogP contribution >= 0.6 is 0 Å². The van der Waals surface area contributed by atoms with E-state index in [0.29, 0.717) is 17.4 Å². The van der Waals surface area contributed by atoms with Crippen molar-refractivity contribution in [3.05, 3.63) is 59.7 Å². The van der Waals surface area contributed by atoms with Crippen LogP contribution in [0.1, 0.15) is 48.0 Å². The molecule has 5 rings (SSSR count). The number of aryl methyl sites for hydroxylation is 1. The van der Waals surface area contributed by atoms with Gasteiger partial charge in [-0.2, -0.15) is 4.98 Å². The average Bonchev–Trinajstić information content (AvgIpc) is 3.46. The normalized spacial score (nSPS) is 24.3. The van der Waals surface area contributed by atoms with Gasteiger partial charge in [0.1, 0.15) is 5.82 Å². The summed E-state index contributed by atoms with van der Waals surface area (Å²) in [5.74, 6) is 1.69. The van der Waals surface area contributed by atoms with E-state index in [1.807, 2.05) is 68.4 Å². The van der Waals surface area contributed by atoms with E-state index in [1.165, 1.54) is 5.56 Å². The number of nitrogens with one attached hydrogen (secondary N) is 2. The summed E-state index contributed by atoms with van der Waals surface area (Å²) in [5.41, 5.74) is 3.19. The smallest absolute Gasteiger partial charge is 0.251 e. The molecule has 0 bridgehead atoms. The first-order valence-corrected chi connectivity index (χ1v) is 11.5. The minimum Gasteiger partial charge on any atom is -0.362 e. The topological polar surface area (TPSA) is 70.2 Å². The van der Waals surface area contributed by atoms with E-state index in [4.69, 9.17) is 9.97 Å². The zero-order valence-corrected chi connectivity index (χ0v) is 19.1. The Balaban J connectivity index is 1.20. The molecule has 2 aliphatic rings. The van der Waals surface area contributed by atoms with Crippen LogP contribution in [-0.4, -0.2) is 42.1 Å². The van der Waals surface area contributed by atoms with E-state index in [-0.39, 0.29) is 11.9 Å². The van der Waals surface area contributed by atoms with Crippen molar-refractivity contribution in [3.8, 4) is 0 Å². The van der Waals surface area contributed by atoms with Gasteiger partial charge in [-0.3, -0.25) is 4.79 Å². The second kappa shape index (κ2) is 8.08. The van der Waals surface area contributed by atoms with E-state index in [1.54, 1.807) is 0 Å². The number of aromatic nitrogens is 2. The summed E-state index contributed by atoms with van der Waals surface area (Å²) in [7, 11) is 4.03. The number of hydrogen-bond acceptors (Lipinski definition) is 5. The Morgan fingerprint density at radius 1 is 1.03 bits per heavy atom. The van der Waals surface area contributed by atoms with Crippen LogP contribution in [0.5, 0.6) is 0 Å². The van der Waals surface area contributed by atoms with E-state index >= 15 is 0 Å². The highest BCUT2D eigenvalue weighted by atomic mass is 16.1. The molecule has 1 heterocycles. The summed E-state index contributed by atoms with van der Waals surface area (Å²) in [6, 6.07) is 16.6. The van der Waals surface area contributed by atoms with Gasteiger partial charge in [-0.25, -0.2) is 4.98 Å². The molecule has 2 N–H and O–H groups in total. The number of anilines is 2. The molecule has 0 aliphatic heterocycles. The van der Waals surface area contributed by atoms with Crippen molar-refractivity contribution in [3.63, 3.8) is 0 Å². The third-order valence-corrected chi connectivity index (χ3v) is 7.13. The van der Waals surface area contributed by atoms with Crippen molar-refractivity contribution in [1.29, 1.82) is 0 Å².